The quantitative estimate of drug-likeness (QED) is 0.789. The molecule has 0 aliphatic rings. The highest BCUT2D eigenvalue weighted by atomic mass is 16.5. The van der Waals surface area contributed by atoms with E-state index in [2.05, 4.69) is 0 Å². The number of carbonyl (C=O) groups excluding carboxylic acids is 2. The third-order valence-electron chi connectivity index (χ3n) is 3.21. The number of Topliss-reactive ketones (excluding diaryl/α,β-unsaturated/α-hetero) is 1. The summed E-state index contributed by atoms with van der Waals surface area (Å²) in [4.78, 5) is 22.5. The predicted molar refractivity (Wildman–Crippen MR) is 75.0 cm³/mol. The van der Waals surface area contributed by atoms with Gasteiger partial charge >= 0.3 is 0 Å². The van der Waals surface area contributed by atoms with Crippen molar-refractivity contribution in [3.8, 4) is 5.75 Å². The molecule has 2 aromatic carbocycles. The zero-order valence-electron chi connectivity index (χ0n) is 11.3. The van der Waals surface area contributed by atoms with Gasteiger partial charge in [0.15, 0.2) is 6.29 Å². The molecule has 0 amide bonds. The first-order valence-electron chi connectivity index (χ1n) is 6.11. The molecule has 0 aromatic heterocycles. The first-order valence-corrected chi connectivity index (χ1v) is 6.11. The van der Waals surface area contributed by atoms with Crippen molar-refractivity contribution in [3.05, 3.63) is 41.0 Å². The summed E-state index contributed by atoms with van der Waals surface area (Å²) < 4.78 is 5.36. The van der Waals surface area contributed by atoms with Gasteiger partial charge in [0.1, 0.15) is 11.5 Å². The van der Waals surface area contributed by atoms with Crippen LogP contribution in [0.25, 0.3) is 10.8 Å². The highest BCUT2D eigenvalue weighted by molar-refractivity contribution is 6.02. The minimum atomic E-state index is 0.0849. The van der Waals surface area contributed by atoms with Gasteiger partial charge in [0.05, 0.1) is 7.11 Å². The molecular formula is C16H16O3. The number of ether oxygens (including phenoxy) is 1. The molecule has 0 fully saturated rings. The summed E-state index contributed by atoms with van der Waals surface area (Å²) in [7, 11) is 1.59. The second-order valence-electron chi connectivity index (χ2n) is 4.69. The van der Waals surface area contributed by atoms with E-state index < -0.39 is 0 Å². The minimum absolute atomic E-state index is 0.0849. The molecule has 2 aromatic rings. The van der Waals surface area contributed by atoms with Crippen molar-refractivity contribution in [1.29, 1.82) is 0 Å². The van der Waals surface area contributed by atoms with E-state index in [4.69, 9.17) is 4.74 Å². The Balaban J connectivity index is 2.77. The van der Waals surface area contributed by atoms with E-state index in [9.17, 15) is 9.59 Å². The van der Waals surface area contributed by atoms with E-state index in [-0.39, 0.29) is 5.78 Å². The number of carbonyl (C=O) groups is 2. The van der Waals surface area contributed by atoms with Crippen LogP contribution in [0.1, 0.15) is 28.4 Å². The average Bonchev–Trinajstić information content (AvgIpc) is 2.36. The Morgan fingerprint density at radius 3 is 2.58 bits per heavy atom. The summed E-state index contributed by atoms with van der Waals surface area (Å²) in [5.74, 6) is 0.776. The number of rotatable bonds is 4. The van der Waals surface area contributed by atoms with Crippen LogP contribution in [0.3, 0.4) is 0 Å². The summed E-state index contributed by atoms with van der Waals surface area (Å²) in [6.07, 6.45) is 1.20. The van der Waals surface area contributed by atoms with E-state index in [1.807, 2.05) is 31.2 Å². The Labute approximate surface area is 112 Å². The van der Waals surface area contributed by atoms with Crippen molar-refractivity contribution < 1.29 is 14.3 Å². The van der Waals surface area contributed by atoms with E-state index in [0.29, 0.717) is 17.7 Å². The van der Waals surface area contributed by atoms with Gasteiger partial charge in [0.25, 0.3) is 0 Å². The van der Waals surface area contributed by atoms with Crippen molar-refractivity contribution in [2.24, 2.45) is 0 Å². The van der Waals surface area contributed by atoms with Crippen LogP contribution in [0.5, 0.6) is 5.75 Å². The molecule has 2 rings (SSSR count). The molecule has 0 bridgehead atoms. The van der Waals surface area contributed by atoms with E-state index in [1.165, 1.54) is 0 Å². The number of methoxy groups -OCH3 is 1. The molecule has 0 aliphatic carbocycles. The van der Waals surface area contributed by atoms with Crippen LogP contribution in [0.2, 0.25) is 0 Å². The maximum Gasteiger partial charge on any atom is 0.150 e. The number of fused-ring (bicyclic) bond motifs is 1. The van der Waals surface area contributed by atoms with Gasteiger partial charge in [-0.15, -0.1) is 0 Å². The molecule has 0 saturated carbocycles. The van der Waals surface area contributed by atoms with Crippen LogP contribution in [0.4, 0.5) is 0 Å². The standard InChI is InChI=1S/C16H16O3/c1-10-4-5-13-14(15(10)9-17)7-12(6-11(2)18)8-16(13)19-3/h4-5,7-9H,6H2,1-3H3. The maximum absolute atomic E-state index is 11.3. The van der Waals surface area contributed by atoms with Crippen LogP contribution in [-0.4, -0.2) is 19.2 Å². The van der Waals surface area contributed by atoms with Crippen molar-refractivity contribution in [2.45, 2.75) is 20.3 Å². The number of aryl methyl sites for hydroxylation is 1. The van der Waals surface area contributed by atoms with E-state index in [1.54, 1.807) is 14.0 Å². The molecule has 0 N–H and O–H groups in total. The number of hydrogen-bond acceptors (Lipinski definition) is 3. The highest BCUT2D eigenvalue weighted by Crippen LogP contribution is 2.31. The lowest BCUT2D eigenvalue weighted by Crippen LogP contribution is -1.99. The number of benzene rings is 2. The average molecular weight is 256 g/mol. The van der Waals surface area contributed by atoms with Crippen LogP contribution in [0, 0.1) is 6.92 Å². The SMILES string of the molecule is COc1cc(CC(C)=O)cc2c(C=O)c(C)ccc12. The summed E-state index contributed by atoms with van der Waals surface area (Å²) in [6, 6.07) is 7.59. The largest absolute Gasteiger partial charge is 0.496 e. The molecule has 0 heterocycles. The molecule has 19 heavy (non-hydrogen) atoms. The minimum Gasteiger partial charge on any atom is -0.496 e. The van der Waals surface area contributed by atoms with Gasteiger partial charge in [-0.05, 0) is 42.5 Å². The van der Waals surface area contributed by atoms with Gasteiger partial charge in [-0.25, -0.2) is 0 Å². The van der Waals surface area contributed by atoms with Crippen molar-refractivity contribution in [2.75, 3.05) is 7.11 Å². The Kier molecular flexibility index (Phi) is 3.65. The van der Waals surface area contributed by atoms with Crippen molar-refractivity contribution in [3.63, 3.8) is 0 Å². The first-order chi connectivity index (χ1) is 9.06. The van der Waals surface area contributed by atoms with Crippen LogP contribution < -0.4 is 4.74 Å². The summed E-state index contributed by atoms with van der Waals surface area (Å²) >= 11 is 0. The Morgan fingerprint density at radius 1 is 1.26 bits per heavy atom. The van der Waals surface area contributed by atoms with Gasteiger partial charge in [-0.2, -0.15) is 0 Å². The summed E-state index contributed by atoms with van der Waals surface area (Å²) in [5, 5.41) is 1.73. The third kappa shape index (κ3) is 2.50. The highest BCUT2D eigenvalue weighted by Gasteiger charge is 2.11. The Bertz CT molecular complexity index is 657. The fourth-order valence-electron chi connectivity index (χ4n) is 2.30. The number of hydrogen-bond donors (Lipinski definition) is 0. The fraction of sp³-hybridized carbons (Fsp3) is 0.250. The zero-order chi connectivity index (χ0) is 14.0. The van der Waals surface area contributed by atoms with Crippen LogP contribution in [-0.2, 0) is 11.2 Å². The summed E-state index contributed by atoms with van der Waals surface area (Å²) in [6.45, 7) is 3.45. The lowest BCUT2D eigenvalue weighted by Gasteiger charge is -2.11. The molecule has 3 heteroatoms. The van der Waals surface area contributed by atoms with Crippen molar-refractivity contribution >= 4 is 22.8 Å². The molecule has 0 aliphatic heterocycles. The second kappa shape index (κ2) is 5.22. The Morgan fingerprint density at radius 2 is 2.00 bits per heavy atom. The lowest BCUT2D eigenvalue weighted by molar-refractivity contribution is -0.116. The summed E-state index contributed by atoms with van der Waals surface area (Å²) in [5.41, 5.74) is 2.44. The van der Waals surface area contributed by atoms with Crippen LogP contribution in [0.15, 0.2) is 24.3 Å². The Hall–Kier alpha value is -2.16. The van der Waals surface area contributed by atoms with Gasteiger partial charge < -0.3 is 4.74 Å². The van der Waals surface area contributed by atoms with E-state index in [0.717, 1.165) is 28.2 Å². The third-order valence-corrected chi connectivity index (χ3v) is 3.21. The van der Waals surface area contributed by atoms with Gasteiger partial charge in [-0.3, -0.25) is 9.59 Å². The first kappa shape index (κ1) is 13.3. The molecule has 98 valence electrons. The molecule has 0 unspecified atom stereocenters. The normalized spacial score (nSPS) is 10.5. The fourth-order valence-corrected chi connectivity index (χ4v) is 2.30. The van der Waals surface area contributed by atoms with Gasteiger partial charge in [-0.1, -0.05) is 12.1 Å². The second-order valence-corrected chi connectivity index (χ2v) is 4.69. The van der Waals surface area contributed by atoms with Crippen LogP contribution >= 0.6 is 0 Å². The molecular weight excluding hydrogens is 240 g/mol. The molecule has 3 nitrogen and oxygen atoms in total. The van der Waals surface area contributed by atoms with E-state index >= 15 is 0 Å². The van der Waals surface area contributed by atoms with Gasteiger partial charge in [0.2, 0.25) is 0 Å². The predicted octanol–water partition coefficient (Wildman–Crippen LogP) is 3.10. The molecule has 0 atom stereocenters. The maximum atomic E-state index is 11.3. The molecule has 0 radical (unpaired) electrons. The zero-order valence-corrected chi connectivity index (χ0v) is 11.3. The number of ketones is 1. The number of aldehydes is 1. The lowest BCUT2D eigenvalue weighted by atomic mass is 9.96. The monoisotopic (exact) mass is 256 g/mol. The smallest absolute Gasteiger partial charge is 0.150 e. The topological polar surface area (TPSA) is 43.4 Å². The van der Waals surface area contributed by atoms with Crippen molar-refractivity contribution in [1.82, 2.24) is 0 Å². The van der Waals surface area contributed by atoms with Gasteiger partial charge in [0, 0.05) is 17.4 Å². The molecule has 0 saturated heterocycles. The molecule has 0 spiro atoms.